The number of hydrogen-bond donors (Lipinski definition) is 1. The van der Waals surface area contributed by atoms with Crippen molar-refractivity contribution in [3.05, 3.63) is 57.9 Å². The summed E-state index contributed by atoms with van der Waals surface area (Å²) in [6.07, 6.45) is 0.967. The highest BCUT2D eigenvalue weighted by molar-refractivity contribution is 6.32. The SMILES string of the molecule is Cc1cc(CNC(=O)Cc2cc(Cl)c3c(c2)OCCCO3)ccc1F. The smallest absolute Gasteiger partial charge is 0.224 e. The molecule has 1 heterocycles. The van der Waals surface area contributed by atoms with Crippen molar-refractivity contribution in [2.24, 2.45) is 0 Å². The summed E-state index contributed by atoms with van der Waals surface area (Å²) in [5.74, 6) is 0.705. The van der Waals surface area contributed by atoms with Gasteiger partial charge in [-0.1, -0.05) is 23.7 Å². The molecule has 0 radical (unpaired) electrons. The first-order valence-electron chi connectivity index (χ1n) is 8.12. The minimum absolute atomic E-state index is 0.146. The standard InChI is InChI=1S/C19H19ClFNO3/c1-12-7-13(3-4-16(12)21)11-22-18(23)10-14-8-15(20)19-17(9-14)24-5-2-6-25-19/h3-4,7-9H,2,5-6,10-11H2,1H3,(H,22,23). The number of halogens is 2. The molecule has 0 aromatic heterocycles. The molecule has 3 rings (SSSR count). The number of benzene rings is 2. The van der Waals surface area contributed by atoms with Crippen LogP contribution in [0.3, 0.4) is 0 Å². The third-order valence-corrected chi connectivity index (χ3v) is 4.22. The van der Waals surface area contributed by atoms with Crippen molar-refractivity contribution < 1.29 is 18.7 Å². The van der Waals surface area contributed by atoms with Gasteiger partial charge in [0.2, 0.25) is 5.91 Å². The van der Waals surface area contributed by atoms with Crippen molar-refractivity contribution in [1.82, 2.24) is 5.32 Å². The van der Waals surface area contributed by atoms with Gasteiger partial charge in [0.05, 0.1) is 24.7 Å². The van der Waals surface area contributed by atoms with Crippen LogP contribution in [0.25, 0.3) is 0 Å². The lowest BCUT2D eigenvalue weighted by atomic mass is 10.1. The van der Waals surface area contributed by atoms with Crippen LogP contribution in [-0.4, -0.2) is 19.1 Å². The van der Waals surface area contributed by atoms with Crippen molar-refractivity contribution in [2.45, 2.75) is 26.3 Å². The Morgan fingerprint density at radius 1 is 1.20 bits per heavy atom. The van der Waals surface area contributed by atoms with Crippen LogP contribution in [-0.2, 0) is 17.8 Å². The predicted octanol–water partition coefficient (Wildman–Crippen LogP) is 3.81. The van der Waals surface area contributed by atoms with E-state index in [2.05, 4.69) is 5.32 Å². The quantitative estimate of drug-likeness (QED) is 0.898. The number of nitrogens with one attached hydrogen (secondary N) is 1. The maximum atomic E-state index is 13.3. The Bertz CT molecular complexity index is 794. The Morgan fingerprint density at radius 3 is 2.80 bits per heavy atom. The highest BCUT2D eigenvalue weighted by Gasteiger charge is 2.16. The predicted molar refractivity (Wildman–Crippen MR) is 93.7 cm³/mol. The van der Waals surface area contributed by atoms with E-state index >= 15 is 0 Å². The fourth-order valence-corrected chi connectivity index (χ4v) is 2.94. The molecule has 4 nitrogen and oxygen atoms in total. The largest absolute Gasteiger partial charge is 0.489 e. The van der Waals surface area contributed by atoms with E-state index in [1.807, 2.05) is 0 Å². The Hall–Kier alpha value is -2.27. The van der Waals surface area contributed by atoms with E-state index in [4.69, 9.17) is 21.1 Å². The molecule has 0 unspecified atom stereocenters. The summed E-state index contributed by atoms with van der Waals surface area (Å²) < 4.78 is 24.5. The monoisotopic (exact) mass is 363 g/mol. The van der Waals surface area contributed by atoms with E-state index < -0.39 is 0 Å². The Kier molecular flexibility index (Phi) is 5.43. The molecule has 0 saturated carbocycles. The molecule has 0 saturated heterocycles. The van der Waals surface area contributed by atoms with Crippen molar-refractivity contribution >= 4 is 17.5 Å². The Morgan fingerprint density at radius 2 is 2.00 bits per heavy atom. The van der Waals surface area contributed by atoms with E-state index in [1.54, 1.807) is 31.2 Å². The molecular weight excluding hydrogens is 345 g/mol. The molecule has 2 aromatic carbocycles. The zero-order valence-corrected chi connectivity index (χ0v) is 14.7. The van der Waals surface area contributed by atoms with Gasteiger partial charge in [0, 0.05) is 13.0 Å². The average molecular weight is 364 g/mol. The van der Waals surface area contributed by atoms with Gasteiger partial charge < -0.3 is 14.8 Å². The number of hydrogen-bond acceptors (Lipinski definition) is 3. The maximum Gasteiger partial charge on any atom is 0.224 e. The van der Waals surface area contributed by atoms with Crippen molar-refractivity contribution in [2.75, 3.05) is 13.2 Å². The fourth-order valence-electron chi connectivity index (χ4n) is 2.65. The summed E-state index contributed by atoms with van der Waals surface area (Å²) in [5, 5.41) is 3.27. The first kappa shape index (κ1) is 17.5. The second-order valence-corrected chi connectivity index (χ2v) is 6.40. The first-order chi connectivity index (χ1) is 12.0. The van der Waals surface area contributed by atoms with E-state index in [0.29, 0.717) is 41.8 Å². The molecule has 0 aliphatic carbocycles. The van der Waals surface area contributed by atoms with Crippen molar-refractivity contribution in [1.29, 1.82) is 0 Å². The van der Waals surface area contributed by atoms with E-state index in [-0.39, 0.29) is 18.1 Å². The van der Waals surface area contributed by atoms with Crippen LogP contribution >= 0.6 is 11.6 Å². The van der Waals surface area contributed by atoms with E-state index in [0.717, 1.165) is 17.5 Å². The molecule has 0 bridgehead atoms. The lowest BCUT2D eigenvalue weighted by molar-refractivity contribution is -0.120. The Labute approximate surface area is 150 Å². The third-order valence-electron chi connectivity index (χ3n) is 3.94. The number of amides is 1. The van der Waals surface area contributed by atoms with E-state index in [1.165, 1.54) is 6.07 Å². The molecule has 1 amide bonds. The van der Waals surface area contributed by atoms with Gasteiger partial charge in [0.15, 0.2) is 11.5 Å². The molecule has 132 valence electrons. The highest BCUT2D eigenvalue weighted by Crippen LogP contribution is 2.38. The molecule has 6 heteroatoms. The minimum Gasteiger partial charge on any atom is -0.489 e. The normalized spacial score (nSPS) is 13.2. The Balaban J connectivity index is 1.63. The number of aryl methyl sites for hydroxylation is 1. The first-order valence-corrected chi connectivity index (χ1v) is 8.50. The zero-order chi connectivity index (χ0) is 17.8. The molecule has 1 aliphatic heterocycles. The van der Waals surface area contributed by atoms with Gasteiger partial charge in [0.25, 0.3) is 0 Å². The van der Waals surface area contributed by atoms with Gasteiger partial charge in [0.1, 0.15) is 5.82 Å². The molecule has 0 spiro atoms. The van der Waals surface area contributed by atoms with Gasteiger partial charge >= 0.3 is 0 Å². The summed E-state index contributed by atoms with van der Waals surface area (Å²) in [4.78, 5) is 12.2. The van der Waals surface area contributed by atoms with Gasteiger partial charge in [-0.15, -0.1) is 0 Å². The van der Waals surface area contributed by atoms with Crippen molar-refractivity contribution in [3.63, 3.8) is 0 Å². The third kappa shape index (κ3) is 4.42. The molecular formula is C19H19ClFNO3. The number of fused-ring (bicyclic) bond motifs is 1. The number of rotatable bonds is 4. The molecule has 2 aromatic rings. The lowest BCUT2D eigenvalue weighted by Gasteiger charge is -2.12. The van der Waals surface area contributed by atoms with Crippen molar-refractivity contribution in [3.8, 4) is 11.5 Å². The summed E-state index contributed by atoms with van der Waals surface area (Å²) in [6.45, 7) is 3.16. The molecule has 0 fully saturated rings. The summed E-state index contributed by atoms with van der Waals surface area (Å²) >= 11 is 6.24. The summed E-state index contributed by atoms with van der Waals surface area (Å²) in [6, 6.07) is 8.29. The minimum atomic E-state index is -0.253. The molecule has 1 aliphatic rings. The van der Waals surface area contributed by atoms with E-state index in [9.17, 15) is 9.18 Å². The van der Waals surface area contributed by atoms with Gasteiger partial charge in [-0.05, 0) is 41.8 Å². The molecule has 0 atom stereocenters. The van der Waals surface area contributed by atoms with Crippen LogP contribution in [0, 0.1) is 12.7 Å². The van der Waals surface area contributed by atoms with Crippen LogP contribution in [0.15, 0.2) is 30.3 Å². The second-order valence-electron chi connectivity index (χ2n) is 5.99. The number of carbonyl (C=O) groups excluding carboxylic acids is 1. The lowest BCUT2D eigenvalue weighted by Crippen LogP contribution is -2.24. The van der Waals surface area contributed by atoms with Gasteiger partial charge in [-0.25, -0.2) is 4.39 Å². The maximum absolute atomic E-state index is 13.3. The summed E-state index contributed by atoms with van der Waals surface area (Å²) in [7, 11) is 0. The topological polar surface area (TPSA) is 47.6 Å². The van der Waals surface area contributed by atoms with Crippen LogP contribution in [0.5, 0.6) is 11.5 Å². The summed E-state index contributed by atoms with van der Waals surface area (Å²) in [5.41, 5.74) is 2.16. The van der Waals surface area contributed by atoms with Crippen LogP contribution in [0.2, 0.25) is 5.02 Å². The molecule has 25 heavy (non-hydrogen) atoms. The number of ether oxygens (including phenoxy) is 2. The average Bonchev–Trinajstić information content (AvgIpc) is 2.82. The van der Waals surface area contributed by atoms with Crippen LogP contribution in [0.1, 0.15) is 23.1 Å². The number of carbonyl (C=O) groups is 1. The van der Waals surface area contributed by atoms with Crippen LogP contribution in [0.4, 0.5) is 4.39 Å². The van der Waals surface area contributed by atoms with Crippen LogP contribution < -0.4 is 14.8 Å². The highest BCUT2D eigenvalue weighted by atomic mass is 35.5. The van der Waals surface area contributed by atoms with Gasteiger partial charge in [-0.2, -0.15) is 0 Å². The second kappa shape index (κ2) is 7.74. The van der Waals surface area contributed by atoms with Gasteiger partial charge in [-0.3, -0.25) is 4.79 Å². The molecule has 1 N–H and O–H groups in total. The zero-order valence-electron chi connectivity index (χ0n) is 13.9. The fraction of sp³-hybridized carbons (Fsp3) is 0.316.